The van der Waals surface area contributed by atoms with Crippen molar-refractivity contribution in [3.05, 3.63) is 35.9 Å². The van der Waals surface area contributed by atoms with E-state index in [-0.39, 0.29) is 5.54 Å². The van der Waals surface area contributed by atoms with E-state index in [0.717, 1.165) is 24.3 Å². The lowest BCUT2D eigenvalue weighted by molar-refractivity contribution is 0.283. The van der Waals surface area contributed by atoms with E-state index in [9.17, 15) is 0 Å². The van der Waals surface area contributed by atoms with Gasteiger partial charge in [0.15, 0.2) is 0 Å². The summed E-state index contributed by atoms with van der Waals surface area (Å²) in [7, 11) is 0. The first-order valence-corrected chi connectivity index (χ1v) is 8.81. The third-order valence-corrected chi connectivity index (χ3v) is 5.62. The standard InChI is InChI=1S/C20H31N/c1-20(2,3)21-14-19(16-7-5-4-6-8-16)13-18-12-15-9-10-17(18)11-15/h4-8,15,17-19,21H,9-14H2,1-3H3. The Hall–Kier alpha value is -0.820. The molecule has 1 N–H and O–H groups in total. The summed E-state index contributed by atoms with van der Waals surface area (Å²) >= 11 is 0. The molecule has 21 heavy (non-hydrogen) atoms. The van der Waals surface area contributed by atoms with Gasteiger partial charge in [0.2, 0.25) is 0 Å². The molecule has 4 unspecified atom stereocenters. The normalized spacial score (nSPS) is 29.8. The van der Waals surface area contributed by atoms with E-state index in [2.05, 4.69) is 56.4 Å². The van der Waals surface area contributed by atoms with E-state index in [1.807, 2.05) is 0 Å². The van der Waals surface area contributed by atoms with Crippen LogP contribution < -0.4 is 5.32 Å². The van der Waals surface area contributed by atoms with Gasteiger partial charge >= 0.3 is 0 Å². The molecule has 1 nitrogen and oxygen atoms in total. The van der Waals surface area contributed by atoms with Crippen LogP contribution in [0.3, 0.4) is 0 Å². The van der Waals surface area contributed by atoms with Crippen LogP contribution in [0.4, 0.5) is 0 Å². The van der Waals surface area contributed by atoms with Crippen molar-refractivity contribution >= 4 is 0 Å². The van der Waals surface area contributed by atoms with Crippen molar-refractivity contribution in [1.82, 2.24) is 5.32 Å². The second-order valence-corrected chi connectivity index (χ2v) is 8.41. The summed E-state index contributed by atoms with van der Waals surface area (Å²) in [5, 5.41) is 3.74. The first kappa shape index (κ1) is 15.1. The van der Waals surface area contributed by atoms with Crippen molar-refractivity contribution in [1.29, 1.82) is 0 Å². The summed E-state index contributed by atoms with van der Waals surface area (Å²) in [4.78, 5) is 0. The molecule has 2 aliphatic rings. The highest BCUT2D eigenvalue weighted by Crippen LogP contribution is 2.51. The first-order chi connectivity index (χ1) is 10.0. The third-order valence-electron chi connectivity index (χ3n) is 5.62. The lowest BCUT2D eigenvalue weighted by atomic mass is 9.80. The number of hydrogen-bond donors (Lipinski definition) is 1. The monoisotopic (exact) mass is 285 g/mol. The number of rotatable bonds is 5. The molecule has 3 rings (SSSR count). The Kier molecular flexibility index (Phi) is 4.40. The van der Waals surface area contributed by atoms with Gasteiger partial charge in [-0.25, -0.2) is 0 Å². The van der Waals surface area contributed by atoms with Crippen molar-refractivity contribution in [2.75, 3.05) is 6.54 Å². The molecule has 2 aliphatic carbocycles. The minimum absolute atomic E-state index is 0.210. The molecule has 0 amide bonds. The van der Waals surface area contributed by atoms with E-state index in [1.54, 1.807) is 0 Å². The topological polar surface area (TPSA) is 12.0 Å². The van der Waals surface area contributed by atoms with Gasteiger partial charge in [-0.1, -0.05) is 36.8 Å². The lowest BCUT2D eigenvalue weighted by Crippen LogP contribution is -2.39. The molecule has 116 valence electrons. The molecule has 2 bridgehead atoms. The van der Waals surface area contributed by atoms with Crippen LogP contribution in [0.25, 0.3) is 0 Å². The average Bonchev–Trinajstić information content (AvgIpc) is 3.06. The van der Waals surface area contributed by atoms with Gasteiger partial charge in [0, 0.05) is 12.1 Å². The van der Waals surface area contributed by atoms with E-state index in [0.29, 0.717) is 5.92 Å². The van der Waals surface area contributed by atoms with E-state index < -0.39 is 0 Å². The summed E-state index contributed by atoms with van der Waals surface area (Å²) in [5.41, 5.74) is 1.74. The molecule has 0 radical (unpaired) electrons. The Morgan fingerprint density at radius 2 is 1.86 bits per heavy atom. The molecule has 2 fully saturated rings. The molecule has 2 saturated carbocycles. The second kappa shape index (κ2) is 6.12. The molecule has 0 aliphatic heterocycles. The van der Waals surface area contributed by atoms with Crippen molar-refractivity contribution < 1.29 is 0 Å². The minimum atomic E-state index is 0.210. The van der Waals surface area contributed by atoms with E-state index in [1.165, 1.54) is 37.7 Å². The molecule has 0 saturated heterocycles. The predicted molar refractivity (Wildman–Crippen MR) is 90.5 cm³/mol. The summed E-state index contributed by atoms with van der Waals surface area (Å²) in [5.74, 6) is 3.76. The number of fused-ring (bicyclic) bond motifs is 2. The van der Waals surface area contributed by atoms with Crippen molar-refractivity contribution in [3.8, 4) is 0 Å². The molecule has 1 heteroatoms. The van der Waals surface area contributed by atoms with Gasteiger partial charge in [0.05, 0.1) is 0 Å². The zero-order valence-electron chi connectivity index (χ0n) is 13.9. The van der Waals surface area contributed by atoms with Gasteiger partial charge < -0.3 is 5.32 Å². The zero-order chi connectivity index (χ0) is 14.9. The molecule has 4 atom stereocenters. The summed E-state index contributed by atoms with van der Waals surface area (Å²) < 4.78 is 0. The van der Waals surface area contributed by atoms with E-state index >= 15 is 0 Å². The van der Waals surface area contributed by atoms with Gasteiger partial charge in [-0.2, -0.15) is 0 Å². The zero-order valence-corrected chi connectivity index (χ0v) is 13.9. The highest BCUT2D eigenvalue weighted by atomic mass is 14.9. The van der Waals surface area contributed by atoms with Crippen LogP contribution >= 0.6 is 0 Å². The van der Waals surface area contributed by atoms with Crippen LogP contribution in [-0.2, 0) is 0 Å². The fourth-order valence-corrected chi connectivity index (χ4v) is 4.52. The summed E-state index contributed by atoms with van der Waals surface area (Å²) in [6, 6.07) is 11.2. The van der Waals surface area contributed by atoms with Gasteiger partial charge in [0.25, 0.3) is 0 Å². The first-order valence-electron chi connectivity index (χ1n) is 8.81. The fourth-order valence-electron chi connectivity index (χ4n) is 4.52. The molecule has 1 aromatic carbocycles. The predicted octanol–water partition coefficient (Wildman–Crippen LogP) is 4.98. The fraction of sp³-hybridized carbons (Fsp3) is 0.700. The quantitative estimate of drug-likeness (QED) is 0.804. The lowest BCUT2D eigenvalue weighted by Gasteiger charge is -2.30. The molecular weight excluding hydrogens is 254 g/mol. The maximum absolute atomic E-state index is 3.74. The van der Waals surface area contributed by atoms with Crippen LogP contribution in [0.15, 0.2) is 30.3 Å². The number of nitrogens with one attached hydrogen (secondary N) is 1. The highest BCUT2D eigenvalue weighted by Gasteiger charge is 2.40. The Balaban J connectivity index is 1.67. The van der Waals surface area contributed by atoms with Crippen LogP contribution in [0, 0.1) is 17.8 Å². The Morgan fingerprint density at radius 3 is 2.43 bits per heavy atom. The smallest absolute Gasteiger partial charge is 0.00967 e. The summed E-state index contributed by atoms with van der Waals surface area (Å²) in [6.45, 7) is 7.92. The van der Waals surface area contributed by atoms with Gasteiger partial charge in [-0.05, 0) is 75.7 Å². The molecule has 1 aromatic rings. The van der Waals surface area contributed by atoms with Gasteiger partial charge in [-0.3, -0.25) is 0 Å². The van der Waals surface area contributed by atoms with Crippen molar-refractivity contribution in [2.45, 2.75) is 64.3 Å². The SMILES string of the molecule is CC(C)(C)NCC(CC1CC2CCC1C2)c1ccccc1. The minimum Gasteiger partial charge on any atom is -0.311 e. The largest absolute Gasteiger partial charge is 0.311 e. The van der Waals surface area contributed by atoms with Crippen LogP contribution in [0.5, 0.6) is 0 Å². The Labute approximate surface area is 130 Å². The van der Waals surface area contributed by atoms with Crippen LogP contribution in [0.1, 0.15) is 64.4 Å². The van der Waals surface area contributed by atoms with Crippen LogP contribution in [-0.4, -0.2) is 12.1 Å². The van der Waals surface area contributed by atoms with E-state index in [4.69, 9.17) is 0 Å². The molecular formula is C20H31N. The number of benzene rings is 1. The third kappa shape index (κ3) is 3.88. The van der Waals surface area contributed by atoms with Crippen molar-refractivity contribution in [2.24, 2.45) is 17.8 Å². The highest BCUT2D eigenvalue weighted by molar-refractivity contribution is 5.20. The maximum atomic E-state index is 3.74. The molecule has 0 heterocycles. The molecule has 0 spiro atoms. The van der Waals surface area contributed by atoms with Gasteiger partial charge in [0.1, 0.15) is 0 Å². The number of hydrogen-bond acceptors (Lipinski definition) is 1. The Bertz CT molecular complexity index is 445. The van der Waals surface area contributed by atoms with Crippen molar-refractivity contribution in [3.63, 3.8) is 0 Å². The maximum Gasteiger partial charge on any atom is 0.00967 e. The Morgan fingerprint density at radius 1 is 1.10 bits per heavy atom. The van der Waals surface area contributed by atoms with Gasteiger partial charge in [-0.15, -0.1) is 0 Å². The second-order valence-electron chi connectivity index (χ2n) is 8.41. The summed E-state index contributed by atoms with van der Waals surface area (Å²) in [6.07, 6.45) is 7.43. The van der Waals surface area contributed by atoms with Crippen LogP contribution in [0.2, 0.25) is 0 Å². The average molecular weight is 285 g/mol. The molecule has 0 aromatic heterocycles.